The number of hydrogen-bond donors (Lipinski definition) is 2. The number of hydrogen-bond acceptors (Lipinski definition) is 3. The lowest BCUT2D eigenvalue weighted by atomic mass is 10.0. The van der Waals surface area contributed by atoms with Crippen molar-refractivity contribution in [3.8, 4) is 0 Å². The van der Waals surface area contributed by atoms with Crippen LogP contribution < -0.4 is 10.6 Å². The molecule has 106 valence electrons. The Balaban J connectivity index is 2.45. The molecule has 1 aliphatic rings. The number of nitrogens with one attached hydrogen (secondary N) is 2. The number of amides is 2. The minimum atomic E-state index is -0.438. The largest absolute Gasteiger partial charge is 0.350 e. The molecule has 4 heteroatoms. The third-order valence-corrected chi connectivity index (χ3v) is 2.95. The number of rotatable bonds is 5. The van der Waals surface area contributed by atoms with Crippen LogP contribution in [0.15, 0.2) is 72.6 Å². The lowest BCUT2D eigenvalue weighted by Crippen LogP contribution is -2.26. The topological polar surface area (TPSA) is 58.2 Å². The number of carbonyl (C=O) groups is 2. The van der Waals surface area contributed by atoms with Crippen molar-refractivity contribution in [2.45, 2.75) is 6.92 Å². The van der Waals surface area contributed by atoms with Crippen molar-refractivity contribution >= 4 is 17.4 Å². The average Bonchev–Trinajstić information content (AvgIpc) is 2.78. The van der Waals surface area contributed by atoms with Crippen LogP contribution in [0.5, 0.6) is 0 Å². The van der Waals surface area contributed by atoms with Crippen molar-refractivity contribution in [2.24, 2.45) is 0 Å². The molecule has 0 saturated heterocycles. The maximum atomic E-state index is 12.0. The van der Waals surface area contributed by atoms with E-state index in [1.807, 2.05) is 37.3 Å². The molecule has 0 unspecified atom stereocenters. The Hall–Kier alpha value is -2.88. The average molecular weight is 280 g/mol. The molecule has 0 spiro atoms. The number of imide groups is 1. The van der Waals surface area contributed by atoms with Crippen LogP contribution in [0.3, 0.4) is 0 Å². The lowest BCUT2D eigenvalue weighted by Gasteiger charge is -2.08. The third kappa shape index (κ3) is 3.17. The Morgan fingerprint density at radius 1 is 1.19 bits per heavy atom. The highest BCUT2D eigenvalue weighted by Crippen LogP contribution is 2.23. The monoisotopic (exact) mass is 280 g/mol. The molecule has 2 rings (SSSR count). The fraction of sp³-hybridized carbons (Fsp3) is 0.0588. The van der Waals surface area contributed by atoms with Crippen molar-refractivity contribution in [3.05, 3.63) is 78.2 Å². The van der Waals surface area contributed by atoms with Gasteiger partial charge in [0.25, 0.3) is 11.8 Å². The van der Waals surface area contributed by atoms with E-state index in [-0.39, 0.29) is 5.70 Å². The Bertz CT molecular complexity index is 667. The van der Waals surface area contributed by atoms with Gasteiger partial charge in [-0.3, -0.25) is 14.9 Å². The quantitative estimate of drug-likeness (QED) is 0.642. The summed E-state index contributed by atoms with van der Waals surface area (Å²) in [6.45, 7) is 5.58. The summed E-state index contributed by atoms with van der Waals surface area (Å²) >= 11 is 0. The minimum Gasteiger partial charge on any atom is -0.350 e. The zero-order valence-corrected chi connectivity index (χ0v) is 11.7. The molecule has 0 radical (unpaired) electrons. The Kier molecular flexibility index (Phi) is 4.51. The lowest BCUT2D eigenvalue weighted by molar-refractivity contribution is -0.123. The summed E-state index contributed by atoms with van der Waals surface area (Å²) in [4.78, 5) is 24.0. The summed E-state index contributed by atoms with van der Waals surface area (Å²) in [5, 5.41) is 5.27. The molecule has 1 aromatic carbocycles. The molecule has 1 heterocycles. The molecule has 0 aliphatic carbocycles. The molecule has 1 aliphatic heterocycles. The number of allylic oxidation sites excluding steroid dienone is 4. The van der Waals surface area contributed by atoms with Gasteiger partial charge < -0.3 is 5.32 Å². The zero-order chi connectivity index (χ0) is 15.2. The molecule has 4 nitrogen and oxygen atoms in total. The van der Waals surface area contributed by atoms with Crippen LogP contribution in [0, 0.1) is 0 Å². The van der Waals surface area contributed by atoms with Gasteiger partial charge in [0.15, 0.2) is 0 Å². The highest BCUT2D eigenvalue weighted by atomic mass is 16.2. The van der Waals surface area contributed by atoms with Crippen LogP contribution in [0.4, 0.5) is 0 Å². The SMILES string of the molecule is C=C/C(=C\C=C/C)NC1=C(c2ccccc2)C(=O)NC1=O. The second-order valence-corrected chi connectivity index (χ2v) is 4.38. The fourth-order valence-corrected chi connectivity index (χ4v) is 1.96. The minimum absolute atomic E-state index is 0.238. The van der Waals surface area contributed by atoms with Gasteiger partial charge in [-0.05, 0) is 24.6 Å². The standard InChI is InChI=1S/C17H16N2O2/c1-3-5-11-13(4-2)18-15-14(16(20)19-17(15)21)12-9-7-6-8-10-12/h3-11H,2H2,1H3,(H2,18,19,20,21)/b5-3-,13-11+. The molecule has 1 aromatic rings. The fourth-order valence-electron chi connectivity index (χ4n) is 1.96. The van der Waals surface area contributed by atoms with E-state index in [1.165, 1.54) is 0 Å². The van der Waals surface area contributed by atoms with Gasteiger partial charge in [-0.25, -0.2) is 0 Å². The summed E-state index contributed by atoms with van der Waals surface area (Å²) < 4.78 is 0. The van der Waals surface area contributed by atoms with Crippen LogP contribution in [-0.4, -0.2) is 11.8 Å². The molecule has 0 saturated carbocycles. The van der Waals surface area contributed by atoms with Gasteiger partial charge in [0.2, 0.25) is 0 Å². The van der Waals surface area contributed by atoms with E-state index in [4.69, 9.17) is 0 Å². The van der Waals surface area contributed by atoms with Crippen LogP contribution >= 0.6 is 0 Å². The van der Waals surface area contributed by atoms with Gasteiger partial charge in [0, 0.05) is 5.70 Å². The van der Waals surface area contributed by atoms with E-state index in [2.05, 4.69) is 17.2 Å². The van der Waals surface area contributed by atoms with E-state index < -0.39 is 11.8 Å². The van der Waals surface area contributed by atoms with Crippen molar-refractivity contribution in [3.63, 3.8) is 0 Å². The molecule has 21 heavy (non-hydrogen) atoms. The number of carbonyl (C=O) groups excluding carboxylic acids is 2. The molecule has 0 bridgehead atoms. The highest BCUT2D eigenvalue weighted by molar-refractivity contribution is 6.35. The summed E-state index contributed by atoms with van der Waals surface area (Å²) in [6.07, 6.45) is 7.05. The van der Waals surface area contributed by atoms with E-state index in [9.17, 15) is 9.59 Å². The van der Waals surface area contributed by atoms with Crippen LogP contribution in [0.25, 0.3) is 5.57 Å². The van der Waals surface area contributed by atoms with Gasteiger partial charge in [0.1, 0.15) is 5.70 Å². The molecular formula is C17H16N2O2. The molecule has 0 atom stereocenters. The molecule has 2 N–H and O–H groups in total. The van der Waals surface area contributed by atoms with Gasteiger partial charge in [0.05, 0.1) is 5.57 Å². The third-order valence-electron chi connectivity index (χ3n) is 2.95. The van der Waals surface area contributed by atoms with Crippen molar-refractivity contribution in [1.82, 2.24) is 10.6 Å². The molecule has 0 aromatic heterocycles. The smallest absolute Gasteiger partial charge is 0.275 e. The molecular weight excluding hydrogens is 264 g/mol. The first-order valence-corrected chi connectivity index (χ1v) is 6.55. The predicted octanol–water partition coefficient (Wildman–Crippen LogP) is 2.29. The normalized spacial score (nSPS) is 15.6. The first-order valence-electron chi connectivity index (χ1n) is 6.55. The van der Waals surface area contributed by atoms with Crippen molar-refractivity contribution in [1.29, 1.82) is 0 Å². The van der Waals surface area contributed by atoms with Crippen LogP contribution in [-0.2, 0) is 9.59 Å². The number of benzene rings is 1. The summed E-state index contributed by atoms with van der Waals surface area (Å²) in [7, 11) is 0. The Labute approximate surface area is 123 Å². The summed E-state index contributed by atoms with van der Waals surface area (Å²) in [5.41, 5.74) is 1.91. The van der Waals surface area contributed by atoms with Gasteiger partial charge in [-0.15, -0.1) is 0 Å². The van der Waals surface area contributed by atoms with Crippen molar-refractivity contribution in [2.75, 3.05) is 0 Å². The maximum Gasteiger partial charge on any atom is 0.275 e. The maximum absolute atomic E-state index is 12.0. The van der Waals surface area contributed by atoms with Gasteiger partial charge in [-0.1, -0.05) is 49.1 Å². The summed E-state index contributed by atoms with van der Waals surface area (Å²) in [6, 6.07) is 9.07. The first kappa shape index (κ1) is 14.5. The highest BCUT2D eigenvalue weighted by Gasteiger charge is 2.31. The van der Waals surface area contributed by atoms with Crippen LogP contribution in [0.1, 0.15) is 12.5 Å². The van der Waals surface area contributed by atoms with Crippen molar-refractivity contribution < 1.29 is 9.59 Å². The zero-order valence-electron chi connectivity index (χ0n) is 11.7. The summed E-state index contributed by atoms with van der Waals surface area (Å²) in [5.74, 6) is -0.838. The van der Waals surface area contributed by atoms with Gasteiger partial charge >= 0.3 is 0 Å². The molecule has 2 amide bonds. The predicted molar refractivity (Wildman–Crippen MR) is 82.7 cm³/mol. The Morgan fingerprint density at radius 2 is 1.90 bits per heavy atom. The van der Waals surface area contributed by atoms with Crippen LogP contribution in [0.2, 0.25) is 0 Å². The van der Waals surface area contributed by atoms with Gasteiger partial charge in [-0.2, -0.15) is 0 Å². The van der Waals surface area contributed by atoms with E-state index in [0.29, 0.717) is 16.8 Å². The van der Waals surface area contributed by atoms with E-state index in [0.717, 1.165) is 0 Å². The Morgan fingerprint density at radius 3 is 2.52 bits per heavy atom. The second-order valence-electron chi connectivity index (χ2n) is 4.38. The first-order chi connectivity index (χ1) is 10.2. The van der Waals surface area contributed by atoms with E-state index >= 15 is 0 Å². The second kappa shape index (κ2) is 6.52. The van der Waals surface area contributed by atoms with E-state index in [1.54, 1.807) is 24.3 Å². The molecule has 0 fully saturated rings.